The van der Waals surface area contributed by atoms with E-state index in [-0.39, 0.29) is 24.3 Å². The van der Waals surface area contributed by atoms with Crippen molar-refractivity contribution in [3.63, 3.8) is 0 Å². The van der Waals surface area contributed by atoms with Gasteiger partial charge in [-0.25, -0.2) is 13.1 Å². The lowest BCUT2D eigenvalue weighted by Gasteiger charge is -2.06. The van der Waals surface area contributed by atoms with E-state index in [2.05, 4.69) is 4.72 Å². The van der Waals surface area contributed by atoms with E-state index in [1.807, 2.05) is 0 Å². The van der Waals surface area contributed by atoms with Gasteiger partial charge in [-0.1, -0.05) is 17.7 Å². The summed E-state index contributed by atoms with van der Waals surface area (Å²) in [6.07, 6.45) is 0.174. The van der Waals surface area contributed by atoms with Crippen LogP contribution in [0.25, 0.3) is 0 Å². The lowest BCUT2D eigenvalue weighted by atomic mass is 10.3. The lowest BCUT2D eigenvalue weighted by molar-refractivity contribution is -0.137. The lowest BCUT2D eigenvalue weighted by Crippen LogP contribution is -2.25. The van der Waals surface area contributed by atoms with Crippen LogP contribution in [-0.4, -0.2) is 26.0 Å². The highest BCUT2D eigenvalue weighted by Crippen LogP contribution is 2.15. The zero-order valence-electron chi connectivity index (χ0n) is 8.89. The maximum absolute atomic E-state index is 11.7. The van der Waals surface area contributed by atoms with Gasteiger partial charge in [0.1, 0.15) is 0 Å². The Kier molecular flexibility index (Phi) is 4.92. The topological polar surface area (TPSA) is 83.5 Å². The number of hydrogen-bond acceptors (Lipinski definition) is 3. The van der Waals surface area contributed by atoms with Gasteiger partial charge < -0.3 is 5.11 Å². The molecule has 5 nitrogen and oxygen atoms in total. The number of sulfonamides is 1. The molecule has 1 aromatic carbocycles. The number of hydrogen-bond donors (Lipinski definition) is 2. The average molecular weight is 278 g/mol. The first kappa shape index (κ1) is 14.0. The molecule has 0 aromatic heterocycles. The summed E-state index contributed by atoms with van der Waals surface area (Å²) < 4.78 is 25.7. The number of rotatable bonds is 6. The van der Waals surface area contributed by atoms with Crippen LogP contribution in [0.2, 0.25) is 5.02 Å². The minimum absolute atomic E-state index is 0.0697. The maximum atomic E-state index is 11.7. The Morgan fingerprint density at radius 2 is 2.12 bits per heavy atom. The first-order chi connectivity index (χ1) is 7.92. The Morgan fingerprint density at radius 1 is 1.41 bits per heavy atom. The van der Waals surface area contributed by atoms with Crippen molar-refractivity contribution < 1.29 is 18.3 Å². The normalized spacial score (nSPS) is 11.4. The highest BCUT2D eigenvalue weighted by Gasteiger charge is 2.13. The van der Waals surface area contributed by atoms with Gasteiger partial charge in [-0.3, -0.25) is 4.79 Å². The van der Waals surface area contributed by atoms with Crippen molar-refractivity contribution in [1.82, 2.24) is 4.72 Å². The quantitative estimate of drug-likeness (QED) is 0.772. The van der Waals surface area contributed by atoms with E-state index >= 15 is 0 Å². The molecule has 0 aliphatic rings. The van der Waals surface area contributed by atoms with Crippen LogP contribution in [-0.2, 0) is 14.8 Å². The summed E-state index contributed by atoms with van der Waals surface area (Å²) in [4.78, 5) is 10.3. The Bertz CT molecular complexity index is 501. The van der Waals surface area contributed by atoms with Gasteiger partial charge in [0, 0.05) is 18.0 Å². The predicted octanol–water partition coefficient (Wildman–Crippen LogP) is 1.48. The van der Waals surface area contributed by atoms with Crippen LogP contribution in [0.1, 0.15) is 12.8 Å². The molecule has 0 atom stereocenters. The first-order valence-corrected chi connectivity index (χ1v) is 6.75. The van der Waals surface area contributed by atoms with E-state index in [1.165, 1.54) is 18.2 Å². The van der Waals surface area contributed by atoms with Crippen molar-refractivity contribution in [2.75, 3.05) is 6.54 Å². The van der Waals surface area contributed by atoms with Crippen LogP contribution in [0.4, 0.5) is 0 Å². The highest BCUT2D eigenvalue weighted by atomic mass is 35.5. The zero-order valence-corrected chi connectivity index (χ0v) is 10.5. The average Bonchev–Trinajstić information content (AvgIpc) is 2.24. The van der Waals surface area contributed by atoms with E-state index in [0.29, 0.717) is 5.02 Å². The Balaban J connectivity index is 2.60. The van der Waals surface area contributed by atoms with E-state index in [4.69, 9.17) is 16.7 Å². The molecule has 7 heteroatoms. The van der Waals surface area contributed by atoms with Crippen LogP contribution in [0, 0.1) is 0 Å². The Morgan fingerprint density at radius 3 is 2.71 bits per heavy atom. The Hall–Kier alpha value is -1.11. The fourth-order valence-electron chi connectivity index (χ4n) is 1.16. The largest absolute Gasteiger partial charge is 0.481 e. The van der Waals surface area contributed by atoms with Crippen molar-refractivity contribution in [2.24, 2.45) is 0 Å². The summed E-state index contributed by atoms with van der Waals surface area (Å²) in [5.41, 5.74) is 0. The minimum Gasteiger partial charge on any atom is -0.481 e. The van der Waals surface area contributed by atoms with Crippen molar-refractivity contribution in [1.29, 1.82) is 0 Å². The van der Waals surface area contributed by atoms with Crippen molar-refractivity contribution in [2.45, 2.75) is 17.7 Å². The van der Waals surface area contributed by atoms with E-state index in [9.17, 15) is 13.2 Å². The smallest absolute Gasteiger partial charge is 0.303 e. The summed E-state index contributed by atoms with van der Waals surface area (Å²) in [5.74, 6) is -0.952. The molecular formula is C10H12ClNO4S. The van der Waals surface area contributed by atoms with Gasteiger partial charge in [-0.05, 0) is 24.6 Å². The fraction of sp³-hybridized carbons (Fsp3) is 0.300. The number of carboxylic acids is 1. The van der Waals surface area contributed by atoms with Gasteiger partial charge in [0.05, 0.1) is 4.90 Å². The van der Waals surface area contributed by atoms with Gasteiger partial charge >= 0.3 is 5.97 Å². The molecule has 0 bridgehead atoms. The van der Waals surface area contributed by atoms with E-state index in [1.54, 1.807) is 6.07 Å². The zero-order chi connectivity index (χ0) is 12.9. The summed E-state index contributed by atoms with van der Waals surface area (Å²) in [6.45, 7) is 0.0845. The van der Waals surface area contributed by atoms with Gasteiger partial charge in [0.15, 0.2) is 0 Å². The van der Waals surface area contributed by atoms with Gasteiger partial charge in [0.2, 0.25) is 10.0 Å². The molecule has 0 amide bonds. The molecule has 2 N–H and O–H groups in total. The molecule has 94 valence electrons. The van der Waals surface area contributed by atoms with E-state index in [0.717, 1.165) is 0 Å². The summed E-state index contributed by atoms with van der Waals surface area (Å²) in [6, 6.07) is 5.87. The molecule has 0 spiro atoms. The number of halogens is 1. The van der Waals surface area contributed by atoms with Crippen molar-refractivity contribution in [3.8, 4) is 0 Å². The monoisotopic (exact) mass is 277 g/mol. The Labute approximate surface area is 104 Å². The molecule has 0 fully saturated rings. The summed E-state index contributed by atoms with van der Waals surface area (Å²) >= 11 is 5.68. The molecule has 0 aliphatic carbocycles. The molecule has 0 heterocycles. The molecule has 0 saturated heterocycles. The molecule has 0 radical (unpaired) electrons. The number of aliphatic carboxylic acids is 1. The minimum atomic E-state index is -3.61. The number of benzene rings is 1. The molecule has 1 rings (SSSR count). The molecule has 0 unspecified atom stereocenters. The van der Waals surface area contributed by atoms with E-state index < -0.39 is 16.0 Å². The second-order valence-electron chi connectivity index (χ2n) is 3.35. The van der Waals surface area contributed by atoms with Crippen LogP contribution < -0.4 is 4.72 Å². The molecule has 1 aromatic rings. The third-order valence-corrected chi connectivity index (χ3v) is 3.66. The molecule has 17 heavy (non-hydrogen) atoms. The summed E-state index contributed by atoms with van der Waals surface area (Å²) in [5, 5.41) is 8.73. The van der Waals surface area contributed by atoms with Gasteiger partial charge in [0.25, 0.3) is 0 Å². The van der Waals surface area contributed by atoms with Crippen molar-refractivity contribution >= 4 is 27.6 Å². The van der Waals surface area contributed by atoms with Crippen molar-refractivity contribution in [3.05, 3.63) is 29.3 Å². The first-order valence-electron chi connectivity index (χ1n) is 4.89. The van der Waals surface area contributed by atoms with Crippen LogP contribution >= 0.6 is 11.6 Å². The maximum Gasteiger partial charge on any atom is 0.303 e. The van der Waals surface area contributed by atoms with Gasteiger partial charge in [-0.2, -0.15) is 0 Å². The number of carboxylic acid groups (broad SMARTS) is 1. The van der Waals surface area contributed by atoms with Crippen LogP contribution in [0.3, 0.4) is 0 Å². The second kappa shape index (κ2) is 6.00. The van der Waals surface area contributed by atoms with Gasteiger partial charge in [-0.15, -0.1) is 0 Å². The SMILES string of the molecule is O=C(O)CCCNS(=O)(=O)c1cccc(Cl)c1. The van der Waals surface area contributed by atoms with Crippen LogP contribution in [0.5, 0.6) is 0 Å². The molecule has 0 saturated carbocycles. The third kappa shape index (κ3) is 4.72. The van der Waals surface area contributed by atoms with Crippen LogP contribution in [0.15, 0.2) is 29.2 Å². The standard InChI is InChI=1S/C10H12ClNO4S/c11-8-3-1-4-9(7-8)17(15,16)12-6-2-5-10(13)14/h1,3-4,7,12H,2,5-6H2,(H,13,14). The number of carbonyl (C=O) groups is 1. The third-order valence-electron chi connectivity index (χ3n) is 1.97. The molecular weight excluding hydrogens is 266 g/mol. The summed E-state index contributed by atoms with van der Waals surface area (Å²) in [7, 11) is -3.61. The highest BCUT2D eigenvalue weighted by molar-refractivity contribution is 7.89. The molecule has 0 aliphatic heterocycles. The fourth-order valence-corrected chi connectivity index (χ4v) is 2.54. The number of nitrogens with one attached hydrogen (secondary N) is 1. The second-order valence-corrected chi connectivity index (χ2v) is 5.56. The predicted molar refractivity (Wildman–Crippen MR) is 63.5 cm³/mol.